The van der Waals surface area contributed by atoms with Crippen molar-refractivity contribution in [2.24, 2.45) is 0 Å². The molecule has 0 radical (unpaired) electrons. The van der Waals surface area contributed by atoms with Gasteiger partial charge < -0.3 is 10.1 Å². The number of nitrogens with one attached hydrogen (secondary N) is 1. The molecule has 98 valence electrons. The number of rotatable bonds is 3. The first-order chi connectivity index (χ1) is 8.66. The van der Waals surface area contributed by atoms with Crippen LogP contribution in [0.4, 0.5) is 5.69 Å². The van der Waals surface area contributed by atoms with E-state index in [0.29, 0.717) is 5.02 Å². The molecule has 1 aliphatic carbocycles. The summed E-state index contributed by atoms with van der Waals surface area (Å²) in [4.78, 5) is 12.0. The molecule has 0 atom stereocenters. The van der Waals surface area contributed by atoms with Crippen molar-refractivity contribution in [3.63, 3.8) is 0 Å². The summed E-state index contributed by atoms with van der Waals surface area (Å²) in [5.41, 5.74) is 0.340. The van der Waals surface area contributed by atoms with Gasteiger partial charge in [0, 0.05) is 10.7 Å². The fourth-order valence-corrected chi connectivity index (χ4v) is 2.67. The maximum atomic E-state index is 12.0. The Balaban J connectivity index is 2.19. The molecule has 0 aliphatic heterocycles. The lowest BCUT2D eigenvalue weighted by atomic mass is 9.81. The van der Waals surface area contributed by atoms with Crippen molar-refractivity contribution >= 4 is 23.3 Å². The van der Waals surface area contributed by atoms with Crippen LogP contribution in [0.15, 0.2) is 24.3 Å². The zero-order valence-corrected chi connectivity index (χ0v) is 11.3. The van der Waals surface area contributed by atoms with Crippen LogP contribution in [-0.4, -0.2) is 18.6 Å². The van der Waals surface area contributed by atoms with Crippen molar-refractivity contribution in [1.29, 1.82) is 0 Å². The Morgan fingerprint density at radius 1 is 1.22 bits per heavy atom. The summed E-state index contributed by atoms with van der Waals surface area (Å²) in [6.45, 7) is 0. The minimum Gasteiger partial charge on any atom is -0.467 e. The van der Waals surface area contributed by atoms with Crippen molar-refractivity contribution in [2.45, 2.75) is 37.6 Å². The number of methoxy groups -OCH3 is 1. The van der Waals surface area contributed by atoms with Crippen LogP contribution in [0.1, 0.15) is 32.1 Å². The van der Waals surface area contributed by atoms with Crippen LogP contribution in [0.25, 0.3) is 0 Å². The second kappa shape index (κ2) is 5.61. The number of ether oxygens (including phenoxy) is 1. The SMILES string of the molecule is COC(=O)C1(Nc2ccc(Cl)cc2)CCCCC1. The topological polar surface area (TPSA) is 38.3 Å². The van der Waals surface area contributed by atoms with Gasteiger partial charge in [-0.25, -0.2) is 4.79 Å². The van der Waals surface area contributed by atoms with E-state index in [4.69, 9.17) is 16.3 Å². The summed E-state index contributed by atoms with van der Waals surface area (Å²) in [7, 11) is 1.45. The summed E-state index contributed by atoms with van der Waals surface area (Å²) in [5, 5.41) is 4.03. The average Bonchev–Trinajstić information content (AvgIpc) is 2.41. The molecule has 0 amide bonds. The highest BCUT2D eigenvalue weighted by atomic mass is 35.5. The molecule has 1 aromatic rings. The molecule has 0 saturated heterocycles. The highest BCUT2D eigenvalue weighted by Crippen LogP contribution is 2.33. The predicted octanol–water partition coefficient (Wildman–Crippen LogP) is 3.63. The molecule has 1 aromatic carbocycles. The fraction of sp³-hybridized carbons (Fsp3) is 0.500. The Kier molecular flexibility index (Phi) is 4.12. The van der Waals surface area contributed by atoms with Gasteiger partial charge in [-0.1, -0.05) is 30.9 Å². The summed E-state index contributed by atoms with van der Waals surface area (Å²) < 4.78 is 4.96. The molecule has 1 fully saturated rings. The maximum absolute atomic E-state index is 12.0. The molecule has 18 heavy (non-hydrogen) atoms. The molecule has 0 aromatic heterocycles. The third kappa shape index (κ3) is 2.78. The van der Waals surface area contributed by atoms with Crippen molar-refractivity contribution in [3.8, 4) is 0 Å². The summed E-state index contributed by atoms with van der Waals surface area (Å²) in [6, 6.07) is 7.42. The molecule has 1 N–H and O–H groups in total. The van der Waals surface area contributed by atoms with E-state index >= 15 is 0 Å². The first-order valence-corrected chi connectivity index (χ1v) is 6.66. The van der Waals surface area contributed by atoms with Gasteiger partial charge in [-0.2, -0.15) is 0 Å². The number of hydrogen-bond donors (Lipinski definition) is 1. The van der Waals surface area contributed by atoms with Crippen LogP contribution in [0.3, 0.4) is 0 Å². The highest BCUT2D eigenvalue weighted by Gasteiger charge is 2.40. The monoisotopic (exact) mass is 267 g/mol. The highest BCUT2D eigenvalue weighted by molar-refractivity contribution is 6.30. The van der Waals surface area contributed by atoms with E-state index in [1.54, 1.807) is 0 Å². The van der Waals surface area contributed by atoms with Gasteiger partial charge >= 0.3 is 5.97 Å². The third-order valence-corrected chi connectivity index (χ3v) is 3.76. The molecule has 0 bridgehead atoms. The lowest BCUT2D eigenvalue weighted by Gasteiger charge is -2.36. The fourth-order valence-electron chi connectivity index (χ4n) is 2.54. The van der Waals surface area contributed by atoms with Crippen LogP contribution in [0, 0.1) is 0 Å². The molecule has 2 rings (SSSR count). The van der Waals surface area contributed by atoms with E-state index in [-0.39, 0.29) is 5.97 Å². The molecular weight excluding hydrogens is 250 g/mol. The first-order valence-electron chi connectivity index (χ1n) is 6.28. The summed E-state index contributed by atoms with van der Waals surface area (Å²) in [5.74, 6) is -0.169. The Labute approximate surface area is 112 Å². The van der Waals surface area contributed by atoms with Gasteiger partial charge in [0.25, 0.3) is 0 Å². The van der Waals surface area contributed by atoms with E-state index in [0.717, 1.165) is 31.4 Å². The lowest BCUT2D eigenvalue weighted by molar-refractivity contribution is -0.147. The van der Waals surface area contributed by atoms with Gasteiger partial charge in [0.2, 0.25) is 0 Å². The van der Waals surface area contributed by atoms with E-state index in [1.165, 1.54) is 13.5 Å². The molecule has 4 heteroatoms. The van der Waals surface area contributed by atoms with Gasteiger partial charge in [0.1, 0.15) is 5.54 Å². The number of hydrogen-bond acceptors (Lipinski definition) is 3. The van der Waals surface area contributed by atoms with Gasteiger partial charge in [-0.15, -0.1) is 0 Å². The smallest absolute Gasteiger partial charge is 0.331 e. The number of carbonyl (C=O) groups excluding carboxylic acids is 1. The number of halogens is 1. The second-order valence-electron chi connectivity index (χ2n) is 4.77. The Morgan fingerprint density at radius 3 is 2.39 bits per heavy atom. The minimum absolute atomic E-state index is 0.169. The Morgan fingerprint density at radius 2 is 1.83 bits per heavy atom. The van der Waals surface area contributed by atoms with Crippen LogP contribution in [0.2, 0.25) is 5.02 Å². The molecule has 3 nitrogen and oxygen atoms in total. The van der Waals surface area contributed by atoms with E-state index in [9.17, 15) is 4.79 Å². The largest absolute Gasteiger partial charge is 0.467 e. The van der Waals surface area contributed by atoms with E-state index in [2.05, 4.69) is 5.32 Å². The normalized spacial score (nSPS) is 18.1. The lowest BCUT2D eigenvalue weighted by Crippen LogP contribution is -2.48. The van der Waals surface area contributed by atoms with Crippen LogP contribution >= 0.6 is 11.6 Å². The predicted molar refractivity (Wildman–Crippen MR) is 72.9 cm³/mol. The molecule has 1 aliphatic rings. The zero-order valence-electron chi connectivity index (χ0n) is 10.5. The van der Waals surface area contributed by atoms with Gasteiger partial charge in [0.05, 0.1) is 7.11 Å². The van der Waals surface area contributed by atoms with E-state index in [1.807, 2.05) is 24.3 Å². The Bertz CT molecular complexity index is 410. The summed E-state index contributed by atoms with van der Waals surface area (Å²) >= 11 is 5.86. The van der Waals surface area contributed by atoms with Crippen molar-refractivity contribution in [3.05, 3.63) is 29.3 Å². The second-order valence-corrected chi connectivity index (χ2v) is 5.20. The number of esters is 1. The number of carbonyl (C=O) groups is 1. The molecular formula is C14H18ClNO2. The van der Waals surface area contributed by atoms with E-state index < -0.39 is 5.54 Å². The van der Waals surface area contributed by atoms with Gasteiger partial charge in [-0.3, -0.25) is 0 Å². The summed E-state index contributed by atoms with van der Waals surface area (Å²) in [6.07, 6.45) is 4.93. The zero-order chi connectivity index (χ0) is 13.0. The molecule has 0 unspecified atom stereocenters. The van der Waals surface area contributed by atoms with Crippen LogP contribution in [0.5, 0.6) is 0 Å². The standard InChI is InChI=1S/C14H18ClNO2/c1-18-13(17)14(9-3-2-4-10-14)16-12-7-5-11(15)6-8-12/h5-8,16H,2-4,9-10H2,1H3. The minimum atomic E-state index is -0.569. The van der Waals surface area contributed by atoms with Crippen LogP contribution < -0.4 is 5.32 Å². The van der Waals surface area contributed by atoms with Crippen molar-refractivity contribution in [2.75, 3.05) is 12.4 Å². The molecule has 0 spiro atoms. The van der Waals surface area contributed by atoms with Crippen molar-refractivity contribution in [1.82, 2.24) is 0 Å². The number of anilines is 1. The number of benzene rings is 1. The first kappa shape index (κ1) is 13.2. The van der Waals surface area contributed by atoms with Gasteiger partial charge in [-0.05, 0) is 37.1 Å². The molecule has 0 heterocycles. The van der Waals surface area contributed by atoms with Gasteiger partial charge in [0.15, 0.2) is 0 Å². The maximum Gasteiger partial charge on any atom is 0.331 e. The van der Waals surface area contributed by atoms with Crippen molar-refractivity contribution < 1.29 is 9.53 Å². The quantitative estimate of drug-likeness (QED) is 0.850. The third-order valence-electron chi connectivity index (χ3n) is 3.51. The molecule has 1 saturated carbocycles. The Hall–Kier alpha value is -1.22. The van der Waals surface area contributed by atoms with Crippen LogP contribution in [-0.2, 0) is 9.53 Å². The average molecular weight is 268 g/mol.